The molecule has 0 heterocycles. The number of benzene rings is 2. The lowest BCUT2D eigenvalue weighted by atomic mass is 10.1. The minimum Gasteiger partial charge on any atom is -0.508 e. The Morgan fingerprint density at radius 1 is 1.06 bits per heavy atom. The maximum absolute atomic E-state index is 10.7. The lowest BCUT2D eigenvalue weighted by Gasteiger charge is -2.09. The fourth-order valence-electron chi connectivity index (χ4n) is 1.55. The second-order valence-electron chi connectivity index (χ2n) is 3.77. The molecule has 0 saturated carbocycles. The first-order valence-corrected chi connectivity index (χ1v) is 5.42. The minimum absolute atomic E-state index is 0.0890. The Bertz CT molecular complexity index is 546. The van der Waals surface area contributed by atoms with Crippen LogP contribution in [-0.4, -0.2) is 16.2 Å². The SMILES string of the molecule is O=C(O)Cc1ccccc1Oc1ccc(O)cc1. The van der Waals surface area contributed by atoms with Crippen molar-refractivity contribution in [3.63, 3.8) is 0 Å². The minimum atomic E-state index is -0.906. The Labute approximate surface area is 104 Å². The van der Waals surface area contributed by atoms with Gasteiger partial charge in [-0.1, -0.05) is 18.2 Å². The Balaban J connectivity index is 2.23. The van der Waals surface area contributed by atoms with Crippen molar-refractivity contribution in [2.24, 2.45) is 0 Å². The molecule has 2 aromatic rings. The Hall–Kier alpha value is -2.49. The van der Waals surface area contributed by atoms with Crippen LogP contribution in [0.15, 0.2) is 48.5 Å². The number of ether oxygens (including phenoxy) is 1. The van der Waals surface area contributed by atoms with Gasteiger partial charge in [0.15, 0.2) is 0 Å². The zero-order valence-corrected chi connectivity index (χ0v) is 9.54. The molecule has 0 fully saturated rings. The number of para-hydroxylation sites is 1. The normalized spacial score (nSPS) is 10.0. The maximum atomic E-state index is 10.7. The standard InChI is InChI=1S/C14H12O4/c15-11-5-7-12(8-6-11)18-13-4-2-1-3-10(13)9-14(16)17/h1-8,15H,9H2,(H,16,17). The van der Waals surface area contributed by atoms with E-state index in [1.807, 2.05) is 0 Å². The highest BCUT2D eigenvalue weighted by Gasteiger charge is 2.08. The first-order chi connectivity index (χ1) is 8.65. The van der Waals surface area contributed by atoms with Gasteiger partial charge in [-0.15, -0.1) is 0 Å². The topological polar surface area (TPSA) is 66.8 Å². The number of aliphatic carboxylic acids is 1. The van der Waals surface area contributed by atoms with E-state index in [1.165, 1.54) is 12.1 Å². The monoisotopic (exact) mass is 244 g/mol. The van der Waals surface area contributed by atoms with Crippen molar-refractivity contribution in [2.75, 3.05) is 0 Å². The van der Waals surface area contributed by atoms with Crippen LogP contribution in [0.1, 0.15) is 5.56 Å². The van der Waals surface area contributed by atoms with Crippen molar-refractivity contribution in [1.29, 1.82) is 0 Å². The summed E-state index contributed by atoms with van der Waals surface area (Å²) in [5.41, 5.74) is 0.609. The number of aromatic hydroxyl groups is 1. The molecule has 0 spiro atoms. The van der Waals surface area contributed by atoms with Gasteiger partial charge >= 0.3 is 5.97 Å². The van der Waals surface area contributed by atoms with Crippen molar-refractivity contribution >= 4 is 5.97 Å². The summed E-state index contributed by atoms with van der Waals surface area (Å²) in [5.74, 6) is 0.300. The summed E-state index contributed by atoms with van der Waals surface area (Å²) >= 11 is 0. The molecule has 18 heavy (non-hydrogen) atoms. The third-order valence-corrected chi connectivity index (χ3v) is 2.38. The molecule has 0 aromatic heterocycles. The van der Waals surface area contributed by atoms with Gasteiger partial charge in [-0.2, -0.15) is 0 Å². The molecule has 92 valence electrons. The Morgan fingerprint density at radius 3 is 2.39 bits per heavy atom. The molecule has 0 bridgehead atoms. The molecule has 0 amide bonds. The highest BCUT2D eigenvalue weighted by Crippen LogP contribution is 2.26. The van der Waals surface area contributed by atoms with E-state index in [0.717, 1.165) is 0 Å². The van der Waals surface area contributed by atoms with Gasteiger partial charge in [-0.25, -0.2) is 0 Å². The van der Waals surface area contributed by atoms with Crippen LogP contribution in [0.4, 0.5) is 0 Å². The van der Waals surface area contributed by atoms with Gasteiger partial charge in [0.05, 0.1) is 6.42 Å². The van der Waals surface area contributed by atoms with Gasteiger partial charge in [0, 0.05) is 5.56 Å². The number of hydrogen-bond donors (Lipinski definition) is 2. The van der Waals surface area contributed by atoms with Crippen LogP contribution in [0.25, 0.3) is 0 Å². The molecule has 4 heteroatoms. The van der Waals surface area contributed by atoms with Gasteiger partial charge in [0.2, 0.25) is 0 Å². The average Bonchev–Trinajstić information content (AvgIpc) is 2.34. The highest BCUT2D eigenvalue weighted by atomic mass is 16.5. The van der Waals surface area contributed by atoms with Crippen LogP contribution >= 0.6 is 0 Å². The Kier molecular flexibility index (Phi) is 3.48. The molecule has 2 N–H and O–H groups in total. The first-order valence-electron chi connectivity index (χ1n) is 5.42. The van der Waals surface area contributed by atoms with Crippen molar-refractivity contribution in [3.8, 4) is 17.2 Å². The number of carboxylic acid groups (broad SMARTS) is 1. The van der Waals surface area contributed by atoms with Crippen LogP contribution in [-0.2, 0) is 11.2 Å². The summed E-state index contributed by atoms with van der Waals surface area (Å²) in [6, 6.07) is 13.2. The van der Waals surface area contributed by atoms with Crippen molar-refractivity contribution < 1.29 is 19.7 Å². The highest BCUT2D eigenvalue weighted by molar-refractivity contribution is 5.71. The molecular weight excluding hydrogens is 232 g/mol. The number of carboxylic acids is 1. The predicted molar refractivity (Wildman–Crippen MR) is 66.0 cm³/mol. The van der Waals surface area contributed by atoms with Crippen LogP contribution in [0.3, 0.4) is 0 Å². The van der Waals surface area contributed by atoms with E-state index in [1.54, 1.807) is 36.4 Å². The van der Waals surface area contributed by atoms with Crippen LogP contribution in [0, 0.1) is 0 Å². The van der Waals surface area contributed by atoms with Crippen molar-refractivity contribution in [2.45, 2.75) is 6.42 Å². The molecule has 0 unspecified atom stereocenters. The second kappa shape index (κ2) is 5.23. The van der Waals surface area contributed by atoms with E-state index >= 15 is 0 Å². The third-order valence-electron chi connectivity index (χ3n) is 2.38. The van der Waals surface area contributed by atoms with Gasteiger partial charge in [0.25, 0.3) is 0 Å². The molecule has 0 aliphatic rings. The molecule has 2 aromatic carbocycles. The van der Waals surface area contributed by atoms with Crippen LogP contribution in [0.2, 0.25) is 0 Å². The molecule has 0 radical (unpaired) electrons. The smallest absolute Gasteiger partial charge is 0.307 e. The molecule has 2 rings (SSSR count). The quantitative estimate of drug-likeness (QED) is 0.867. The summed E-state index contributed by atoms with van der Waals surface area (Å²) in [4.78, 5) is 10.7. The maximum Gasteiger partial charge on any atom is 0.307 e. The third kappa shape index (κ3) is 3.01. The fraction of sp³-hybridized carbons (Fsp3) is 0.0714. The summed E-state index contributed by atoms with van der Waals surface area (Å²) in [7, 11) is 0. The number of rotatable bonds is 4. The molecular formula is C14H12O4. The molecule has 4 nitrogen and oxygen atoms in total. The molecule has 0 aliphatic carbocycles. The zero-order chi connectivity index (χ0) is 13.0. The van der Waals surface area contributed by atoms with Gasteiger partial charge < -0.3 is 14.9 Å². The summed E-state index contributed by atoms with van der Waals surface area (Å²) in [5, 5.41) is 18.0. The fourth-order valence-corrected chi connectivity index (χ4v) is 1.55. The molecule has 0 aliphatic heterocycles. The lowest BCUT2D eigenvalue weighted by molar-refractivity contribution is -0.136. The zero-order valence-electron chi connectivity index (χ0n) is 9.54. The number of carbonyl (C=O) groups is 1. The first kappa shape index (κ1) is 12.0. The Morgan fingerprint density at radius 2 is 1.72 bits per heavy atom. The largest absolute Gasteiger partial charge is 0.508 e. The summed E-state index contributed by atoms with van der Waals surface area (Å²) in [6.07, 6.45) is -0.0890. The number of phenolic OH excluding ortho intramolecular Hbond substituents is 1. The van der Waals surface area contributed by atoms with Gasteiger partial charge in [0.1, 0.15) is 17.2 Å². The van der Waals surface area contributed by atoms with E-state index in [0.29, 0.717) is 17.1 Å². The van der Waals surface area contributed by atoms with Gasteiger partial charge in [-0.3, -0.25) is 4.79 Å². The number of hydrogen-bond acceptors (Lipinski definition) is 3. The van der Waals surface area contributed by atoms with Crippen LogP contribution < -0.4 is 4.74 Å². The average molecular weight is 244 g/mol. The van der Waals surface area contributed by atoms with E-state index in [4.69, 9.17) is 14.9 Å². The second-order valence-corrected chi connectivity index (χ2v) is 3.77. The summed E-state index contributed by atoms with van der Waals surface area (Å²) < 4.78 is 5.59. The molecule has 0 saturated heterocycles. The van der Waals surface area contributed by atoms with E-state index in [9.17, 15) is 4.79 Å². The van der Waals surface area contributed by atoms with E-state index in [-0.39, 0.29) is 12.2 Å². The lowest BCUT2D eigenvalue weighted by Crippen LogP contribution is -2.01. The van der Waals surface area contributed by atoms with E-state index < -0.39 is 5.97 Å². The van der Waals surface area contributed by atoms with Crippen molar-refractivity contribution in [1.82, 2.24) is 0 Å². The number of phenols is 1. The summed E-state index contributed by atoms with van der Waals surface area (Å²) in [6.45, 7) is 0. The van der Waals surface area contributed by atoms with Crippen LogP contribution in [0.5, 0.6) is 17.2 Å². The predicted octanol–water partition coefficient (Wildman–Crippen LogP) is 2.81. The molecule has 0 atom stereocenters. The van der Waals surface area contributed by atoms with Crippen molar-refractivity contribution in [3.05, 3.63) is 54.1 Å². The van der Waals surface area contributed by atoms with Gasteiger partial charge in [-0.05, 0) is 30.3 Å². The van der Waals surface area contributed by atoms with E-state index in [2.05, 4.69) is 0 Å².